The highest BCUT2D eigenvalue weighted by Crippen LogP contribution is 2.30. The van der Waals surface area contributed by atoms with Crippen LogP contribution in [0.1, 0.15) is 18.1 Å². The summed E-state index contributed by atoms with van der Waals surface area (Å²) in [5, 5.41) is 0.174. The third kappa shape index (κ3) is 3.11. The first-order valence-corrected chi connectivity index (χ1v) is 4.53. The minimum absolute atomic E-state index is 0.0535. The lowest BCUT2D eigenvalue weighted by Crippen LogP contribution is -2.06. The summed E-state index contributed by atoms with van der Waals surface area (Å²) in [6, 6.07) is 3.87. The molecule has 1 rings (SSSR count). The minimum atomic E-state index is -2.92. The van der Waals surface area contributed by atoms with Gasteiger partial charge in [0.2, 0.25) is 6.08 Å². The van der Waals surface area contributed by atoms with Crippen molar-refractivity contribution in [3.63, 3.8) is 0 Å². The molecule has 0 radical (unpaired) electrons. The van der Waals surface area contributed by atoms with Crippen LogP contribution in [0.5, 0.6) is 0 Å². The van der Waals surface area contributed by atoms with Gasteiger partial charge in [-0.25, -0.2) is 18.6 Å². The van der Waals surface area contributed by atoms with E-state index in [0.29, 0.717) is 5.56 Å². The Balaban J connectivity index is 3.03. The molecule has 0 aliphatic carbocycles. The lowest BCUT2D eigenvalue weighted by molar-refractivity contribution is 0.0174. The number of aliphatic imine (C=N–C) groups is 1. The van der Waals surface area contributed by atoms with Crippen molar-refractivity contribution in [3.8, 4) is 0 Å². The molecule has 2 nitrogen and oxygen atoms in total. The highest BCUT2D eigenvalue weighted by atomic mass is 35.5. The highest BCUT2D eigenvalue weighted by molar-refractivity contribution is 6.31. The number of rotatable bonds is 3. The van der Waals surface area contributed by atoms with E-state index in [1.165, 1.54) is 24.3 Å². The van der Waals surface area contributed by atoms with Crippen LogP contribution < -0.4 is 0 Å². The summed E-state index contributed by atoms with van der Waals surface area (Å²) >= 11 is 5.75. The molecule has 0 heterocycles. The van der Waals surface area contributed by atoms with Crippen molar-refractivity contribution in [2.24, 2.45) is 4.99 Å². The van der Waals surface area contributed by atoms with Crippen molar-refractivity contribution >= 4 is 17.7 Å². The van der Waals surface area contributed by atoms with Crippen LogP contribution in [-0.4, -0.2) is 6.08 Å². The SMILES string of the molecule is CC(F)(F)c1ccc(CN=C=O)c(Cl)c1. The summed E-state index contributed by atoms with van der Waals surface area (Å²) in [6.45, 7) is 0.847. The molecule has 1 aromatic carbocycles. The Kier molecular flexibility index (Phi) is 3.56. The molecule has 0 aromatic heterocycles. The van der Waals surface area contributed by atoms with Gasteiger partial charge in [-0.2, -0.15) is 0 Å². The number of hydrogen-bond acceptors (Lipinski definition) is 2. The number of alkyl halides is 2. The molecule has 0 aliphatic heterocycles. The molecular formula is C10H8ClF2NO. The fourth-order valence-corrected chi connectivity index (χ4v) is 1.31. The lowest BCUT2D eigenvalue weighted by Gasteiger charge is -2.11. The summed E-state index contributed by atoms with van der Waals surface area (Å²) in [5.74, 6) is -2.92. The van der Waals surface area contributed by atoms with Gasteiger partial charge in [0.1, 0.15) is 0 Å². The molecule has 0 saturated heterocycles. The van der Waals surface area contributed by atoms with Crippen molar-refractivity contribution in [2.45, 2.75) is 19.4 Å². The number of halogens is 3. The topological polar surface area (TPSA) is 29.4 Å². The van der Waals surface area contributed by atoms with Crippen molar-refractivity contribution in [1.29, 1.82) is 0 Å². The van der Waals surface area contributed by atoms with E-state index < -0.39 is 5.92 Å². The molecule has 0 unspecified atom stereocenters. The van der Waals surface area contributed by atoms with Gasteiger partial charge >= 0.3 is 0 Å². The minimum Gasteiger partial charge on any atom is -0.211 e. The second-order valence-electron chi connectivity index (χ2n) is 3.10. The average Bonchev–Trinajstić information content (AvgIpc) is 2.14. The van der Waals surface area contributed by atoms with E-state index >= 15 is 0 Å². The average molecular weight is 232 g/mol. The maximum absolute atomic E-state index is 12.9. The zero-order valence-corrected chi connectivity index (χ0v) is 8.68. The number of isocyanates is 1. The Morgan fingerprint density at radius 2 is 2.20 bits per heavy atom. The first-order chi connectivity index (χ1) is 6.95. The Morgan fingerprint density at radius 3 is 2.67 bits per heavy atom. The second-order valence-corrected chi connectivity index (χ2v) is 3.51. The van der Waals surface area contributed by atoms with E-state index in [1.807, 2.05) is 0 Å². The van der Waals surface area contributed by atoms with E-state index in [0.717, 1.165) is 6.92 Å². The fourth-order valence-electron chi connectivity index (χ4n) is 1.07. The van der Waals surface area contributed by atoms with Crippen LogP contribution in [0.2, 0.25) is 5.02 Å². The number of benzene rings is 1. The maximum Gasteiger partial charge on any atom is 0.270 e. The number of nitrogens with zero attached hydrogens (tertiary/aromatic N) is 1. The molecule has 0 amide bonds. The third-order valence-corrected chi connectivity index (χ3v) is 2.23. The fraction of sp³-hybridized carbons (Fsp3) is 0.300. The summed E-state index contributed by atoms with van der Waals surface area (Å²) in [4.78, 5) is 13.2. The van der Waals surface area contributed by atoms with Crippen LogP contribution in [0.4, 0.5) is 8.78 Å². The van der Waals surface area contributed by atoms with E-state index in [9.17, 15) is 13.6 Å². The van der Waals surface area contributed by atoms with Gasteiger partial charge in [-0.1, -0.05) is 23.7 Å². The van der Waals surface area contributed by atoms with Crippen molar-refractivity contribution in [2.75, 3.05) is 0 Å². The lowest BCUT2D eigenvalue weighted by atomic mass is 10.1. The van der Waals surface area contributed by atoms with Crippen LogP contribution in [-0.2, 0) is 17.3 Å². The Hall–Kier alpha value is -1.25. The van der Waals surface area contributed by atoms with Crippen molar-refractivity contribution in [3.05, 3.63) is 34.3 Å². The van der Waals surface area contributed by atoms with Gasteiger partial charge in [0.15, 0.2) is 0 Å². The normalized spacial score (nSPS) is 10.9. The van der Waals surface area contributed by atoms with Gasteiger partial charge in [-0.05, 0) is 11.6 Å². The first-order valence-electron chi connectivity index (χ1n) is 4.15. The van der Waals surface area contributed by atoms with Gasteiger partial charge in [0.25, 0.3) is 5.92 Å². The zero-order valence-electron chi connectivity index (χ0n) is 7.93. The monoisotopic (exact) mass is 231 g/mol. The molecule has 0 aliphatic rings. The second kappa shape index (κ2) is 4.51. The van der Waals surface area contributed by atoms with Crippen LogP contribution in [0.3, 0.4) is 0 Å². The van der Waals surface area contributed by atoms with E-state index in [4.69, 9.17) is 11.6 Å². The predicted octanol–water partition coefficient (Wildman–Crippen LogP) is 3.29. The predicted molar refractivity (Wildman–Crippen MR) is 52.8 cm³/mol. The number of carbonyl (C=O) groups excluding carboxylic acids is 1. The Bertz CT molecular complexity index is 408. The van der Waals surface area contributed by atoms with Crippen LogP contribution in [0, 0.1) is 0 Å². The standard InChI is InChI=1S/C10H8ClF2NO/c1-10(12,13)8-3-2-7(5-14-6-15)9(11)4-8/h2-4H,5H2,1H3. The van der Waals surface area contributed by atoms with Gasteiger partial charge in [-0.15, -0.1) is 0 Å². The van der Waals surface area contributed by atoms with Crippen LogP contribution in [0.15, 0.2) is 23.2 Å². The van der Waals surface area contributed by atoms with Gasteiger partial charge in [-0.3, -0.25) is 0 Å². The molecule has 80 valence electrons. The van der Waals surface area contributed by atoms with E-state index in [1.54, 1.807) is 0 Å². The summed E-state index contributed by atoms with van der Waals surface area (Å²) in [5.41, 5.74) is 0.361. The Labute approximate surface area is 90.6 Å². The molecular weight excluding hydrogens is 224 g/mol. The van der Waals surface area contributed by atoms with E-state index in [2.05, 4.69) is 4.99 Å². The highest BCUT2D eigenvalue weighted by Gasteiger charge is 2.24. The molecule has 0 bridgehead atoms. The van der Waals surface area contributed by atoms with Gasteiger partial charge in [0, 0.05) is 17.5 Å². The quantitative estimate of drug-likeness (QED) is 0.580. The summed E-state index contributed by atoms with van der Waals surface area (Å²) in [7, 11) is 0. The molecule has 1 aromatic rings. The van der Waals surface area contributed by atoms with Gasteiger partial charge < -0.3 is 0 Å². The van der Waals surface area contributed by atoms with E-state index in [-0.39, 0.29) is 17.1 Å². The largest absolute Gasteiger partial charge is 0.270 e. The van der Waals surface area contributed by atoms with Gasteiger partial charge in [0.05, 0.1) is 6.54 Å². The molecule has 5 heteroatoms. The molecule has 0 spiro atoms. The first kappa shape index (κ1) is 11.8. The Morgan fingerprint density at radius 1 is 1.53 bits per heavy atom. The smallest absolute Gasteiger partial charge is 0.211 e. The van der Waals surface area contributed by atoms with Crippen molar-refractivity contribution < 1.29 is 13.6 Å². The molecule has 0 N–H and O–H groups in total. The molecule has 0 atom stereocenters. The van der Waals surface area contributed by atoms with Crippen molar-refractivity contribution in [1.82, 2.24) is 0 Å². The summed E-state index contributed by atoms with van der Waals surface area (Å²) < 4.78 is 25.7. The van der Waals surface area contributed by atoms with Crippen LogP contribution >= 0.6 is 11.6 Å². The summed E-state index contributed by atoms with van der Waals surface area (Å²) in [6.07, 6.45) is 1.36. The zero-order chi connectivity index (χ0) is 11.5. The van der Waals surface area contributed by atoms with Crippen LogP contribution in [0.25, 0.3) is 0 Å². The third-order valence-electron chi connectivity index (χ3n) is 1.87. The number of hydrogen-bond donors (Lipinski definition) is 0. The molecule has 15 heavy (non-hydrogen) atoms. The molecule has 0 saturated carbocycles. The molecule has 0 fully saturated rings. The maximum atomic E-state index is 12.9.